The monoisotopic (exact) mass is 457 g/mol. The molecule has 0 fully saturated rings. The van der Waals surface area contributed by atoms with Gasteiger partial charge in [0, 0.05) is 19.1 Å². The summed E-state index contributed by atoms with van der Waals surface area (Å²) in [4.78, 5) is 26.2. The summed E-state index contributed by atoms with van der Waals surface area (Å²) in [5.74, 6) is 0.273. The number of nitrogens with one attached hydrogen (secondary N) is 2. The van der Waals surface area contributed by atoms with Gasteiger partial charge in [-0.1, -0.05) is 13.8 Å². The normalized spacial score (nSPS) is 11.8. The van der Waals surface area contributed by atoms with Gasteiger partial charge in [-0.25, -0.2) is 0 Å². The molecule has 0 saturated carbocycles. The van der Waals surface area contributed by atoms with Gasteiger partial charge in [0.05, 0.1) is 0 Å². The Balaban J connectivity index is 0.00000176. The predicted octanol–water partition coefficient (Wildman–Crippen LogP) is 3.93. The second kappa shape index (κ2) is 11.8. The van der Waals surface area contributed by atoms with E-state index in [-0.39, 0.29) is 11.8 Å². The Hall–Kier alpha value is -2.64. The maximum atomic E-state index is 12.1. The number of benzene rings is 1. The van der Waals surface area contributed by atoms with Crippen LogP contribution in [0.2, 0.25) is 0 Å². The molecule has 0 amide bonds. The first-order chi connectivity index (χ1) is 15.3. The topological polar surface area (TPSA) is 81.7 Å². The van der Waals surface area contributed by atoms with Gasteiger partial charge in [0.15, 0.2) is 0 Å². The Labute approximate surface area is 194 Å². The lowest BCUT2D eigenvalue weighted by Gasteiger charge is -2.27. The third kappa shape index (κ3) is 6.20. The van der Waals surface area contributed by atoms with Crippen molar-refractivity contribution < 1.29 is 5.11 Å². The van der Waals surface area contributed by atoms with Gasteiger partial charge in [0.2, 0.25) is 0 Å². The first kappa shape index (κ1) is 25.6. The Morgan fingerprint density at radius 2 is 1.62 bits per heavy atom. The van der Waals surface area contributed by atoms with E-state index in [0.717, 1.165) is 24.0 Å². The molecule has 7 heteroatoms. The summed E-state index contributed by atoms with van der Waals surface area (Å²) in [6.07, 6.45) is 1.58. The van der Waals surface area contributed by atoms with E-state index in [1.54, 1.807) is 23.5 Å². The highest BCUT2D eigenvalue weighted by Gasteiger charge is 2.22. The molecule has 6 nitrogen and oxygen atoms in total. The van der Waals surface area contributed by atoms with Crippen LogP contribution < -0.4 is 21.5 Å². The van der Waals surface area contributed by atoms with Gasteiger partial charge in [-0.05, 0) is 92.0 Å². The largest absolute Gasteiger partial charge is 0.508 e. The van der Waals surface area contributed by atoms with E-state index >= 15 is 0 Å². The molecular formula is C25H35N3O3S. The average molecular weight is 458 g/mol. The van der Waals surface area contributed by atoms with E-state index in [4.69, 9.17) is 0 Å². The molecular weight excluding hydrogens is 422 g/mol. The molecule has 0 aliphatic heterocycles. The summed E-state index contributed by atoms with van der Waals surface area (Å²) < 4.78 is 0. The van der Waals surface area contributed by atoms with Gasteiger partial charge in [-0.2, -0.15) is 11.3 Å². The number of aryl methyl sites for hydroxylation is 2. The number of rotatable bonds is 10. The van der Waals surface area contributed by atoms with Crippen LogP contribution in [-0.2, 0) is 12.8 Å². The van der Waals surface area contributed by atoms with Crippen molar-refractivity contribution in [1.29, 1.82) is 0 Å². The van der Waals surface area contributed by atoms with Crippen molar-refractivity contribution in [3.63, 3.8) is 0 Å². The lowest BCUT2D eigenvalue weighted by atomic mass is 9.95. The third-order valence-corrected chi connectivity index (χ3v) is 6.30. The minimum Gasteiger partial charge on any atom is -0.508 e. The van der Waals surface area contributed by atoms with Gasteiger partial charge in [0.25, 0.3) is 10.9 Å². The molecule has 3 aromatic rings. The van der Waals surface area contributed by atoms with Gasteiger partial charge >= 0.3 is 0 Å². The molecule has 3 rings (SSSR count). The third-order valence-electron chi connectivity index (χ3n) is 5.57. The van der Waals surface area contributed by atoms with Crippen molar-refractivity contribution >= 4 is 22.7 Å². The molecule has 1 aromatic heterocycles. The molecule has 0 spiro atoms. The van der Waals surface area contributed by atoms with Crippen molar-refractivity contribution in [3.05, 3.63) is 71.7 Å². The van der Waals surface area contributed by atoms with Crippen LogP contribution in [0.1, 0.15) is 36.1 Å². The first-order valence-corrected chi connectivity index (χ1v) is 12.0. The first-order valence-electron chi connectivity index (χ1n) is 11.1. The second-order valence-corrected chi connectivity index (χ2v) is 8.76. The smallest absolute Gasteiger partial charge is 0.253 e. The van der Waals surface area contributed by atoms with E-state index in [9.17, 15) is 14.7 Å². The zero-order chi connectivity index (χ0) is 23.8. The molecule has 1 heterocycles. The minimum atomic E-state index is -0.456. The number of anilines is 2. The maximum Gasteiger partial charge on any atom is 0.253 e. The van der Waals surface area contributed by atoms with Crippen LogP contribution in [0.3, 0.4) is 0 Å². The van der Waals surface area contributed by atoms with E-state index < -0.39 is 10.9 Å². The summed E-state index contributed by atoms with van der Waals surface area (Å²) in [6, 6.07) is 5.72. The Bertz CT molecular complexity index is 1040. The fourth-order valence-corrected chi connectivity index (χ4v) is 4.38. The van der Waals surface area contributed by atoms with Crippen LogP contribution >= 0.6 is 11.3 Å². The minimum absolute atomic E-state index is 0.120. The molecule has 174 valence electrons. The number of nitrogens with zero attached hydrogens (tertiary/aromatic N) is 1. The summed E-state index contributed by atoms with van der Waals surface area (Å²) in [7, 11) is 4.00. The van der Waals surface area contributed by atoms with Gasteiger partial charge < -0.3 is 20.6 Å². The molecule has 0 aliphatic carbocycles. The number of aromatic hydroxyl groups is 1. The van der Waals surface area contributed by atoms with E-state index in [1.165, 1.54) is 11.1 Å². The maximum absolute atomic E-state index is 12.1. The Kier molecular flexibility index (Phi) is 9.47. The van der Waals surface area contributed by atoms with Crippen molar-refractivity contribution in [2.45, 2.75) is 46.6 Å². The van der Waals surface area contributed by atoms with Crippen LogP contribution in [0.4, 0.5) is 11.4 Å². The fraction of sp³-hybridized carbons (Fsp3) is 0.440. The van der Waals surface area contributed by atoms with Crippen molar-refractivity contribution in [3.8, 4) is 5.75 Å². The predicted molar refractivity (Wildman–Crippen MR) is 136 cm³/mol. The molecule has 32 heavy (non-hydrogen) atoms. The van der Waals surface area contributed by atoms with Crippen molar-refractivity contribution in [2.75, 3.05) is 37.8 Å². The van der Waals surface area contributed by atoms with E-state index in [2.05, 4.69) is 27.0 Å². The van der Waals surface area contributed by atoms with Crippen LogP contribution in [0.15, 0.2) is 38.5 Å². The highest BCUT2D eigenvalue weighted by molar-refractivity contribution is 7.07. The number of likely N-dealkylation sites (N-methyl/N-ethyl adjacent to an activating group) is 1. The van der Waals surface area contributed by atoms with Crippen LogP contribution in [0, 0.1) is 13.8 Å². The van der Waals surface area contributed by atoms with Gasteiger partial charge in [-0.15, -0.1) is 0 Å². The lowest BCUT2D eigenvalue weighted by Crippen LogP contribution is -2.42. The quantitative estimate of drug-likeness (QED) is 0.400. The average Bonchev–Trinajstić information content (AvgIpc) is 3.27. The molecule has 1 unspecified atom stereocenters. The zero-order valence-corrected chi connectivity index (χ0v) is 20.7. The standard InChI is InChI=1S/C23H29N3O3S.C2H6/c1-14-9-18(27)10-15(2)19(14)11-17(26(3)4)12-25-21-20(22(28)23(21)29)24-7-5-16-6-8-30-13-16;1-2/h6,8-10,13,17,24-25,27H,5,7,11-12H2,1-4H3;1-2H3. The number of thiophene rings is 1. The summed E-state index contributed by atoms with van der Waals surface area (Å²) >= 11 is 1.65. The van der Waals surface area contributed by atoms with Gasteiger partial charge in [0.1, 0.15) is 17.1 Å². The lowest BCUT2D eigenvalue weighted by molar-refractivity contribution is 0.302. The van der Waals surface area contributed by atoms with Crippen molar-refractivity contribution in [1.82, 2.24) is 4.90 Å². The van der Waals surface area contributed by atoms with Crippen molar-refractivity contribution in [2.24, 2.45) is 0 Å². The van der Waals surface area contributed by atoms with Gasteiger partial charge in [-0.3, -0.25) is 9.59 Å². The van der Waals surface area contributed by atoms with E-state index in [1.807, 2.05) is 47.2 Å². The summed E-state index contributed by atoms with van der Waals surface area (Å²) in [5, 5.41) is 20.2. The number of hydrogen-bond donors (Lipinski definition) is 3. The zero-order valence-electron chi connectivity index (χ0n) is 19.9. The molecule has 3 N–H and O–H groups in total. The molecule has 0 saturated heterocycles. The molecule has 0 radical (unpaired) electrons. The van der Waals surface area contributed by atoms with Crippen LogP contribution in [0.25, 0.3) is 0 Å². The highest BCUT2D eigenvalue weighted by Crippen LogP contribution is 2.23. The summed E-state index contributed by atoms with van der Waals surface area (Å²) in [5.41, 5.74) is 4.37. The Morgan fingerprint density at radius 3 is 2.16 bits per heavy atom. The molecule has 2 aromatic carbocycles. The molecule has 0 aliphatic rings. The molecule has 0 bridgehead atoms. The highest BCUT2D eigenvalue weighted by atomic mass is 32.1. The number of phenolic OH excluding ortho intramolecular Hbond substituents is 1. The molecule has 1 atom stereocenters. The Morgan fingerprint density at radius 1 is 1.03 bits per heavy atom. The number of phenols is 1. The second-order valence-electron chi connectivity index (χ2n) is 7.98. The van der Waals surface area contributed by atoms with Crippen LogP contribution in [0.5, 0.6) is 5.75 Å². The number of hydrogen-bond acceptors (Lipinski definition) is 7. The van der Waals surface area contributed by atoms with Crippen LogP contribution in [-0.4, -0.2) is 43.2 Å². The summed E-state index contributed by atoms with van der Waals surface area (Å²) in [6.45, 7) is 9.14. The fourth-order valence-electron chi connectivity index (χ4n) is 3.68. The van der Waals surface area contributed by atoms with E-state index in [0.29, 0.717) is 24.5 Å². The SMILES string of the molecule is CC.Cc1cc(O)cc(C)c1CC(CNc1c(NCCc2ccsc2)c(=O)c1=O)N(C)C.